The van der Waals surface area contributed by atoms with Crippen LogP contribution < -0.4 is 5.32 Å². The molecule has 5 heteroatoms. The zero-order valence-electron chi connectivity index (χ0n) is 11.7. The van der Waals surface area contributed by atoms with Crippen molar-refractivity contribution in [2.24, 2.45) is 13.0 Å². The van der Waals surface area contributed by atoms with Gasteiger partial charge in [-0.15, -0.1) is 0 Å². The van der Waals surface area contributed by atoms with Crippen molar-refractivity contribution in [1.29, 1.82) is 5.26 Å². The van der Waals surface area contributed by atoms with Crippen LogP contribution in [0.5, 0.6) is 0 Å². The highest BCUT2D eigenvalue weighted by Gasteiger charge is 2.36. The molecule has 0 atom stereocenters. The Labute approximate surface area is 113 Å². The van der Waals surface area contributed by atoms with Crippen molar-refractivity contribution in [3.05, 3.63) is 17.5 Å². The number of carbonyl (C=O) groups excluding carboxylic acids is 1. The Morgan fingerprint density at radius 1 is 1.58 bits per heavy atom. The topological polar surface area (TPSA) is 70.7 Å². The second-order valence-electron chi connectivity index (χ2n) is 5.60. The number of nitriles is 1. The van der Waals surface area contributed by atoms with Crippen LogP contribution in [0.25, 0.3) is 0 Å². The number of hydrogen-bond donors (Lipinski definition) is 1. The van der Waals surface area contributed by atoms with Crippen molar-refractivity contribution in [3.8, 4) is 6.07 Å². The van der Waals surface area contributed by atoms with E-state index in [-0.39, 0.29) is 5.91 Å². The van der Waals surface area contributed by atoms with Gasteiger partial charge in [0.2, 0.25) is 0 Å². The first-order valence-electron chi connectivity index (χ1n) is 6.70. The maximum Gasteiger partial charge on any atom is 0.255 e. The molecule has 1 amide bonds. The third-order valence-corrected chi connectivity index (χ3v) is 4.17. The Morgan fingerprint density at radius 3 is 2.68 bits per heavy atom. The SMILES string of the molecule is Cc1c(C(=O)NC2(C#N)CCC(C)CC2)cnn1C. The fourth-order valence-corrected chi connectivity index (χ4v) is 2.53. The molecule has 1 N–H and O–H groups in total. The summed E-state index contributed by atoms with van der Waals surface area (Å²) in [5.41, 5.74) is 0.664. The molecule has 1 fully saturated rings. The molecule has 2 rings (SSSR count). The van der Waals surface area contributed by atoms with E-state index in [1.165, 1.54) is 0 Å². The normalized spacial score (nSPS) is 26.7. The standard InChI is InChI=1S/C14H20N4O/c1-10-4-6-14(9-15,7-5-10)17-13(19)12-8-16-18(3)11(12)2/h8,10H,4-7H2,1-3H3,(H,17,19). The minimum Gasteiger partial charge on any atom is -0.334 e. The maximum atomic E-state index is 12.3. The smallest absolute Gasteiger partial charge is 0.255 e. The third-order valence-electron chi connectivity index (χ3n) is 4.17. The van der Waals surface area contributed by atoms with Crippen molar-refractivity contribution < 1.29 is 4.79 Å². The summed E-state index contributed by atoms with van der Waals surface area (Å²) >= 11 is 0. The first-order valence-corrected chi connectivity index (χ1v) is 6.70. The molecule has 0 aliphatic heterocycles. The zero-order chi connectivity index (χ0) is 14.0. The lowest BCUT2D eigenvalue weighted by atomic mass is 9.78. The largest absolute Gasteiger partial charge is 0.334 e. The van der Waals surface area contributed by atoms with Crippen LogP contribution in [0.4, 0.5) is 0 Å². The summed E-state index contributed by atoms with van der Waals surface area (Å²) < 4.78 is 1.66. The summed E-state index contributed by atoms with van der Waals surface area (Å²) in [5, 5.41) is 16.4. The van der Waals surface area contributed by atoms with Gasteiger partial charge in [-0.25, -0.2) is 0 Å². The molecular formula is C14H20N4O. The molecule has 0 saturated heterocycles. The molecule has 19 heavy (non-hydrogen) atoms. The van der Waals surface area contributed by atoms with Gasteiger partial charge in [0.15, 0.2) is 0 Å². The van der Waals surface area contributed by atoms with Crippen LogP contribution in [-0.4, -0.2) is 21.2 Å². The second-order valence-corrected chi connectivity index (χ2v) is 5.60. The van der Waals surface area contributed by atoms with Gasteiger partial charge in [0.05, 0.1) is 17.8 Å². The molecule has 1 aromatic heterocycles. The average molecular weight is 260 g/mol. The number of aryl methyl sites for hydroxylation is 1. The first kappa shape index (κ1) is 13.6. The predicted octanol–water partition coefficient (Wildman–Crippen LogP) is 1.93. The van der Waals surface area contributed by atoms with Crippen LogP contribution in [0.15, 0.2) is 6.20 Å². The zero-order valence-corrected chi connectivity index (χ0v) is 11.7. The lowest BCUT2D eigenvalue weighted by Crippen LogP contribution is -2.49. The van der Waals surface area contributed by atoms with Crippen molar-refractivity contribution in [1.82, 2.24) is 15.1 Å². The van der Waals surface area contributed by atoms with Gasteiger partial charge in [-0.2, -0.15) is 10.4 Å². The van der Waals surface area contributed by atoms with Crippen molar-refractivity contribution in [2.45, 2.75) is 45.1 Å². The quantitative estimate of drug-likeness (QED) is 0.883. The van der Waals surface area contributed by atoms with E-state index in [0.29, 0.717) is 11.5 Å². The molecule has 1 aromatic rings. The number of amides is 1. The molecule has 1 aliphatic rings. The summed E-state index contributed by atoms with van der Waals surface area (Å²) in [6.45, 7) is 4.04. The Morgan fingerprint density at radius 2 is 2.21 bits per heavy atom. The van der Waals surface area contributed by atoms with Crippen LogP contribution in [-0.2, 0) is 7.05 Å². The molecule has 1 heterocycles. The average Bonchev–Trinajstić information content (AvgIpc) is 2.73. The Bertz CT molecular complexity index is 518. The summed E-state index contributed by atoms with van der Waals surface area (Å²) in [5.74, 6) is 0.445. The van der Waals surface area contributed by atoms with E-state index < -0.39 is 5.54 Å². The van der Waals surface area contributed by atoms with Gasteiger partial charge in [0, 0.05) is 12.7 Å². The van der Waals surface area contributed by atoms with Gasteiger partial charge in [-0.1, -0.05) is 6.92 Å². The molecule has 0 spiro atoms. The first-order chi connectivity index (χ1) is 8.97. The van der Waals surface area contributed by atoms with Gasteiger partial charge < -0.3 is 5.32 Å². The summed E-state index contributed by atoms with van der Waals surface area (Å²) in [6, 6.07) is 2.31. The number of aromatic nitrogens is 2. The number of rotatable bonds is 2. The Kier molecular flexibility index (Phi) is 3.61. The van der Waals surface area contributed by atoms with Crippen LogP contribution >= 0.6 is 0 Å². The number of carbonyl (C=O) groups is 1. The van der Waals surface area contributed by atoms with Crippen molar-refractivity contribution in [3.63, 3.8) is 0 Å². The van der Waals surface area contributed by atoms with E-state index in [1.54, 1.807) is 17.9 Å². The molecule has 0 radical (unpaired) electrons. The molecule has 102 valence electrons. The molecule has 0 unspecified atom stereocenters. The van der Waals surface area contributed by atoms with Gasteiger partial charge in [0.1, 0.15) is 5.54 Å². The second kappa shape index (κ2) is 5.04. The van der Waals surface area contributed by atoms with E-state index in [0.717, 1.165) is 31.4 Å². The molecule has 1 saturated carbocycles. The number of nitrogens with one attached hydrogen (secondary N) is 1. The predicted molar refractivity (Wildman–Crippen MR) is 71.4 cm³/mol. The maximum absolute atomic E-state index is 12.3. The molecule has 5 nitrogen and oxygen atoms in total. The van der Waals surface area contributed by atoms with Gasteiger partial charge in [-0.05, 0) is 38.5 Å². The van der Waals surface area contributed by atoms with Gasteiger partial charge in [-0.3, -0.25) is 9.48 Å². The van der Waals surface area contributed by atoms with E-state index in [9.17, 15) is 10.1 Å². The molecule has 0 aromatic carbocycles. The minimum absolute atomic E-state index is 0.193. The minimum atomic E-state index is -0.703. The highest BCUT2D eigenvalue weighted by molar-refractivity contribution is 5.95. The lowest BCUT2D eigenvalue weighted by molar-refractivity contribution is 0.0893. The van der Waals surface area contributed by atoms with E-state index in [1.807, 2.05) is 6.92 Å². The van der Waals surface area contributed by atoms with Crippen LogP contribution in [0.1, 0.15) is 48.7 Å². The Balaban J connectivity index is 2.13. The summed E-state index contributed by atoms with van der Waals surface area (Å²) in [7, 11) is 1.80. The van der Waals surface area contributed by atoms with Crippen molar-refractivity contribution in [2.75, 3.05) is 0 Å². The van der Waals surface area contributed by atoms with Crippen LogP contribution in [0, 0.1) is 24.2 Å². The van der Waals surface area contributed by atoms with E-state index in [4.69, 9.17) is 0 Å². The Hall–Kier alpha value is -1.83. The number of nitrogens with zero attached hydrogens (tertiary/aromatic N) is 3. The monoisotopic (exact) mass is 260 g/mol. The molecule has 0 bridgehead atoms. The lowest BCUT2D eigenvalue weighted by Gasteiger charge is -2.34. The fourth-order valence-electron chi connectivity index (χ4n) is 2.53. The molecule has 1 aliphatic carbocycles. The highest BCUT2D eigenvalue weighted by atomic mass is 16.1. The van der Waals surface area contributed by atoms with Gasteiger partial charge >= 0.3 is 0 Å². The van der Waals surface area contributed by atoms with E-state index in [2.05, 4.69) is 23.4 Å². The summed E-state index contributed by atoms with van der Waals surface area (Å²) in [6.07, 6.45) is 4.99. The van der Waals surface area contributed by atoms with Gasteiger partial charge in [0.25, 0.3) is 5.91 Å². The number of hydrogen-bond acceptors (Lipinski definition) is 3. The van der Waals surface area contributed by atoms with Crippen LogP contribution in [0.3, 0.4) is 0 Å². The third kappa shape index (κ3) is 2.62. The van der Waals surface area contributed by atoms with Crippen molar-refractivity contribution >= 4 is 5.91 Å². The highest BCUT2D eigenvalue weighted by Crippen LogP contribution is 2.31. The summed E-state index contributed by atoms with van der Waals surface area (Å²) in [4.78, 5) is 12.3. The van der Waals surface area contributed by atoms with Crippen LogP contribution in [0.2, 0.25) is 0 Å². The fraction of sp³-hybridized carbons (Fsp3) is 0.643. The van der Waals surface area contributed by atoms with E-state index >= 15 is 0 Å². The molecular weight excluding hydrogens is 240 g/mol.